The van der Waals surface area contributed by atoms with Crippen LogP contribution in [-0.4, -0.2) is 18.5 Å². The van der Waals surface area contributed by atoms with Gasteiger partial charge in [0.1, 0.15) is 10.6 Å². The predicted octanol–water partition coefficient (Wildman–Crippen LogP) is 1.96. The van der Waals surface area contributed by atoms with Gasteiger partial charge in [-0.2, -0.15) is 0 Å². The second kappa shape index (κ2) is 4.34. The molecule has 0 aliphatic carbocycles. The fourth-order valence-corrected chi connectivity index (χ4v) is 3.26. The van der Waals surface area contributed by atoms with E-state index in [0.717, 1.165) is 4.88 Å². The van der Waals surface area contributed by atoms with Gasteiger partial charge < -0.3 is 5.11 Å². The number of para-hydroxylation sites is 1. The molecule has 2 aromatic rings. The Hall–Kier alpha value is -1.60. The molecule has 0 saturated carbocycles. The Morgan fingerprint density at radius 3 is 2.65 bits per heavy atom. The Morgan fingerprint density at radius 2 is 2.06 bits per heavy atom. The Labute approximate surface area is 103 Å². The molecule has 1 aromatic heterocycles. The lowest BCUT2D eigenvalue weighted by Crippen LogP contribution is -2.12. The van der Waals surface area contributed by atoms with Crippen molar-refractivity contribution < 1.29 is 13.5 Å². The summed E-state index contributed by atoms with van der Waals surface area (Å²) in [6.45, 7) is 1.83. The molecule has 0 aliphatic heterocycles. The van der Waals surface area contributed by atoms with Crippen LogP contribution in [0.3, 0.4) is 0 Å². The van der Waals surface area contributed by atoms with Gasteiger partial charge in [0.25, 0.3) is 10.0 Å². The zero-order valence-corrected chi connectivity index (χ0v) is 10.5. The van der Waals surface area contributed by atoms with Crippen LogP contribution in [0.1, 0.15) is 4.88 Å². The molecular weight excluding hydrogens is 260 g/mol. The third kappa shape index (κ3) is 2.56. The summed E-state index contributed by atoms with van der Waals surface area (Å²) < 4.78 is 26.2. The van der Waals surface area contributed by atoms with Crippen molar-refractivity contribution in [1.29, 1.82) is 0 Å². The second-order valence-corrected chi connectivity index (χ2v) is 6.23. The van der Waals surface area contributed by atoms with E-state index in [9.17, 15) is 13.5 Å². The monoisotopic (exact) mass is 270 g/mol. The summed E-state index contributed by atoms with van der Waals surface area (Å²) in [6, 6.07) is 5.75. The number of nitrogens with one attached hydrogen (secondary N) is 1. The lowest BCUT2D eigenvalue weighted by molar-refractivity contribution is 0.459. The van der Waals surface area contributed by atoms with Crippen LogP contribution >= 0.6 is 11.3 Å². The molecule has 0 atom stereocenters. The number of benzene rings is 1. The van der Waals surface area contributed by atoms with E-state index in [1.165, 1.54) is 23.5 Å². The van der Waals surface area contributed by atoms with Gasteiger partial charge in [-0.1, -0.05) is 12.1 Å². The fraction of sp³-hybridized carbons (Fsp3) is 0.100. The Bertz CT molecular complexity index is 635. The number of aromatic hydroxyl groups is 1. The van der Waals surface area contributed by atoms with E-state index >= 15 is 0 Å². The highest BCUT2D eigenvalue weighted by Gasteiger charge is 2.19. The summed E-state index contributed by atoms with van der Waals surface area (Å²) in [5.74, 6) is -0.284. The topological polar surface area (TPSA) is 79.3 Å². The maximum absolute atomic E-state index is 11.9. The molecule has 2 rings (SSSR count). The van der Waals surface area contributed by atoms with Crippen LogP contribution in [-0.2, 0) is 10.0 Å². The van der Waals surface area contributed by atoms with Gasteiger partial charge in [-0.05, 0) is 19.1 Å². The molecule has 0 amide bonds. The number of hydrogen-bond acceptors (Lipinski definition) is 5. The summed E-state index contributed by atoms with van der Waals surface area (Å²) in [4.78, 5) is 4.65. The van der Waals surface area contributed by atoms with Crippen molar-refractivity contribution in [3.05, 3.63) is 35.3 Å². The van der Waals surface area contributed by atoms with Crippen molar-refractivity contribution in [3.8, 4) is 5.75 Å². The number of nitrogens with zero attached hydrogens (tertiary/aromatic N) is 1. The van der Waals surface area contributed by atoms with Crippen LogP contribution in [0, 0.1) is 6.92 Å². The Kier molecular flexibility index (Phi) is 3.03. The first-order chi connectivity index (χ1) is 7.99. The van der Waals surface area contributed by atoms with Crippen molar-refractivity contribution in [2.45, 2.75) is 11.8 Å². The highest BCUT2D eigenvalue weighted by Crippen LogP contribution is 2.25. The van der Waals surface area contributed by atoms with Crippen LogP contribution in [0.2, 0.25) is 0 Å². The van der Waals surface area contributed by atoms with Crippen molar-refractivity contribution in [1.82, 2.24) is 4.98 Å². The van der Waals surface area contributed by atoms with Crippen LogP contribution in [0.25, 0.3) is 0 Å². The molecule has 0 radical (unpaired) electrons. The maximum Gasteiger partial charge on any atom is 0.267 e. The van der Waals surface area contributed by atoms with E-state index in [4.69, 9.17) is 0 Å². The molecule has 5 nitrogen and oxygen atoms in total. The average Bonchev–Trinajstić information content (AvgIpc) is 2.63. The van der Waals surface area contributed by atoms with Gasteiger partial charge in [-0.15, -0.1) is 11.3 Å². The molecule has 7 heteroatoms. The van der Waals surface area contributed by atoms with Crippen molar-refractivity contribution >= 4 is 26.5 Å². The van der Waals surface area contributed by atoms with E-state index in [1.807, 2.05) is 6.92 Å². The van der Waals surface area contributed by atoms with Gasteiger partial charge in [0.05, 0.1) is 0 Å². The minimum atomic E-state index is -3.78. The molecule has 0 spiro atoms. The quantitative estimate of drug-likeness (QED) is 0.893. The molecule has 0 bridgehead atoms. The summed E-state index contributed by atoms with van der Waals surface area (Å²) >= 11 is 1.23. The molecule has 2 N–H and O–H groups in total. The smallest absolute Gasteiger partial charge is 0.267 e. The SMILES string of the molecule is Cc1cnc(NS(=O)(=O)c2ccccc2O)s1. The number of anilines is 1. The molecular formula is C10H10N2O3S2. The van der Waals surface area contributed by atoms with E-state index in [1.54, 1.807) is 18.3 Å². The lowest BCUT2D eigenvalue weighted by Gasteiger charge is -2.06. The predicted molar refractivity (Wildman–Crippen MR) is 65.8 cm³/mol. The second-order valence-electron chi connectivity index (χ2n) is 3.35. The number of hydrogen-bond donors (Lipinski definition) is 2. The van der Waals surface area contributed by atoms with Crippen LogP contribution < -0.4 is 4.72 Å². The van der Waals surface area contributed by atoms with E-state index in [0.29, 0.717) is 0 Å². The number of phenols is 1. The highest BCUT2D eigenvalue weighted by atomic mass is 32.2. The molecule has 0 aliphatic rings. The van der Waals surface area contributed by atoms with Crippen molar-refractivity contribution in [2.75, 3.05) is 4.72 Å². The Morgan fingerprint density at radius 1 is 1.35 bits per heavy atom. The largest absolute Gasteiger partial charge is 0.507 e. The normalized spacial score (nSPS) is 11.4. The first kappa shape index (κ1) is 11.9. The van der Waals surface area contributed by atoms with E-state index in [-0.39, 0.29) is 15.8 Å². The average molecular weight is 270 g/mol. The molecule has 1 heterocycles. The van der Waals surface area contributed by atoms with Gasteiger partial charge in [-0.25, -0.2) is 13.4 Å². The zero-order valence-electron chi connectivity index (χ0n) is 8.91. The molecule has 0 unspecified atom stereocenters. The van der Waals surface area contributed by atoms with E-state index in [2.05, 4.69) is 9.71 Å². The third-order valence-electron chi connectivity index (χ3n) is 2.00. The van der Waals surface area contributed by atoms with Crippen molar-refractivity contribution in [2.24, 2.45) is 0 Å². The van der Waals surface area contributed by atoms with E-state index < -0.39 is 10.0 Å². The van der Waals surface area contributed by atoms with Gasteiger partial charge in [-0.3, -0.25) is 4.72 Å². The number of rotatable bonds is 3. The minimum absolute atomic E-state index is 0.159. The molecule has 17 heavy (non-hydrogen) atoms. The number of phenolic OH excluding ortho intramolecular Hbond substituents is 1. The van der Waals surface area contributed by atoms with Crippen LogP contribution in [0.4, 0.5) is 5.13 Å². The zero-order chi connectivity index (χ0) is 12.5. The molecule has 0 fully saturated rings. The van der Waals surface area contributed by atoms with Crippen molar-refractivity contribution in [3.63, 3.8) is 0 Å². The van der Waals surface area contributed by atoms with Crippen LogP contribution in [0.15, 0.2) is 35.4 Å². The van der Waals surface area contributed by atoms with Gasteiger partial charge in [0.2, 0.25) is 0 Å². The first-order valence-corrected chi connectivity index (χ1v) is 7.02. The summed E-state index contributed by atoms with van der Waals surface area (Å²) in [7, 11) is -3.78. The molecule has 90 valence electrons. The van der Waals surface area contributed by atoms with Gasteiger partial charge >= 0.3 is 0 Å². The maximum atomic E-state index is 11.9. The molecule has 0 saturated heterocycles. The Balaban J connectivity index is 2.35. The fourth-order valence-electron chi connectivity index (χ4n) is 1.26. The number of aromatic nitrogens is 1. The number of thiazole rings is 1. The summed E-state index contributed by atoms with van der Waals surface area (Å²) in [5, 5.41) is 9.78. The third-order valence-corrected chi connectivity index (χ3v) is 4.34. The molecule has 1 aromatic carbocycles. The minimum Gasteiger partial charge on any atom is -0.507 e. The van der Waals surface area contributed by atoms with Gasteiger partial charge in [0, 0.05) is 11.1 Å². The first-order valence-electron chi connectivity index (χ1n) is 4.72. The highest BCUT2D eigenvalue weighted by molar-refractivity contribution is 7.93. The van der Waals surface area contributed by atoms with Gasteiger partial charge in [0.15, 0.2) is 5.13 Å². The number of sulfonamides is 1. The lowest BCUT2D eigenvalue weighted by atomic mass is 10.3. The van der Waals surface area contributed by atoms with Crippen LogP contribution in [0.5, 0.6) is 5.75 Å². The standard InChI is InChI=1S/C10H10N2O3S2/c1-7-6-11-10(16-7)12-17(14,15)9-5-3-2-4-8(9)13/h2-6,13H,1H3,(H,11,12). The summed E-state index contributed by atoms with van der Waals surface area (Å²) in [6.07, 6.45) is 1.58. The number of aryl methyl sites for hydroxylation is 1. The summed E-state index contributed by atoms with van der Waals surface area (Å²) in [5.41, 5.74) is 0.